The maximum Gasteiger partial charge on any atom is 0.137 e. The van der Waals surface area contributed by atoms with E-state index in [4.69, 9.17) is 5.26 Å². The molecule has 5 heteroatoms. The SMILES string of the molecule is N#Cc1ccc2ncnc(N[C@H]3CC[C@H](NCC4CC4)CC3)c2c1. The first-order valence-corrected chi connectivity index (χ1v) is 8.96. The molecule has 0 bridgehead atoms. The van der Waals surface area contributed by atoms with Gasteiger partial charge in [0.15, 0.2) is 0 Å². The third-order valence-electron chi connectivity index (χ3n) is 5.22. The number of aromatic nitrogens is 2. The molecule has 2 saturated carbocycles. The van der Waals surface area contributed by atoms with E-state index in [0.717, 1.165) is 35.5 Å². The molecule has 124 valence electrons. The maximum absolute atomic E-state index is 9.11. The molecule has 24 heavy (non-hydrogen) atoms. The Balaban J connectivity index is 1.40. The largest absolute Gasteiger partial charge is 0.367 e. The van der Waals surface area contributed by atoms with Crippen LogP contribution in [0.2, 0.25) is 0 Å². The summed E-state index contributed by atoms with van der Waals surface area (Å²) in [7, 11) is 0. The summed E-state index contributed by atoms with van der Waals surface area (Å²) in [5.74, 6) is 1.80. The summed E-state index contributed by atoms with van der Waals surface area (Å²) < 4.78 is 0. The molecule has 0 amide bonds. The zero-order valence-corrected chi connectivity index (χ0v) is 13.8. The molecule has 0 spiro atoms. The van der Waals surface area contributed by atoms with E-state index in [1.807, 2.05) is 12.1 Å². The normalized spacial score (nSPS) is 23.8. The minimum atomic E-state index is 0.452. The number of nitrogens with zero attached hydrogens (tertiary/aromatic N) is 3. The van der Waals surface area contributed by atoms with Gasteiger partial charge in [-0.2, -0.15) is 5.26 Å². The van der Waals surface area contributed by atoms with Gasteiger partial charge in [-0.15, -0.1) is 0 Å². The smallest absolute Gasteiger partial charge is 0.137 e. The Labute approximate surface area is 142 Å². The van der Waals surface area contributed by atoms with Crippen molar-refractivity contribution in [1.82, 2.24) is 15.3 Å². The van der Waals surface area contributed by atoms with Crippen LogP contribution in [0.3, 0.4) is 0 Å². The summed E-state index contributed by atoms with van der Waals surface area (Å²) in [6.45, 7) is 1.20. The maximum atomic E-state index is 9.11. The predicted octanol–water partition coefficient (Wildman–Crippen LogP) is 3.22. The average molecular weight is 321 g/mol. The van der Waals surface area contributed by atoms with Gasteiger partial charge < -0.3 is 10.6 Å². The lowest BCUT2D eigenvalue weighted by Crippen LogP contribution is -2.38. The van der Waals surface area contributed by atoms with E-state index in [2.05, 4.69) is 26.7 Å². The van der Waals surface area contributed by atoms with Crippen molar-refractivity contribution in [3.63, 3.8) is 0 Å². The molecule has 1 aromatic heterocycles. The van der Waals surface area contributed by atoms with E-state index < -0.39 is 0 Å². The van der Waals surface area contributed by atoms with Crippen molar-refractivity contribution in [2.24, 2.45) is 5.92 Å². The Bertz CT molecular complexity index is 754. The topological polar surface area (TPSA) is 73.6 Å². The Morgan fingerprint density at radius 1 is 1.04 bits per heavy atom. The number of nitriles is 1. The lowest BCUT2D eigenvalue weighted by Gasteiger charge is -2.30. The lowest BCUT2D eigenvalue weighted by molar-refractivity contribution is 0.350. The molecule has 2 aliphatic carbocycles. The molecular weight excluding hydrogens is 298 g/mol. The fourth-order valence-electron chi connectivity index (χ4n) is 3.53. The van der Waals surface area contributed by atoms with Crippen LogP contribution in [0.5, 0.6) is 0 Å². The molecule has 2 N–H and O–H groups in total. The van der Waals surface area contributed by atoms with Gasteiger partial charge in [0.05, 0.1) is 17.1 Å². The third kappa shape index (κ3) is 3.49. The van der Waals surface area contributed by atoms with Gasteiger partial charge in [0.1, 0.15) is 12.1 Å². The number of nitrogens with one attached hydrogen (secondary N) is 2. The van der Waals surface area contributed by atoms with E-state index in [0.29, 0.717) is 17.6 Å². The van der Waals surface area contributed by atoms with Crippen molar-refractivity contribution < 1.29 is 0 Å². The number of benzene rings is 1. The summed E-state index contributed by atoms with van der Waals surface area (Å²) in [5, 5.41) is 17.4. The molecular formula is C19H23N5. The summed E-state index contributed by atoms with van der Waals surface area (Å²) in [5.41, 5.74) is 1.53. The molecule has 0 atom stereocenters. The number of hydrogen-bond acceptors (Lipinski definition) is 5. The number of fused-ring (bicyclic) bond motifs is 1. The molecule has 0 aliphatic heterocycles. The van der Waals surface area contributed by atoms with Crippen LogP contribution in [0, 0.1) is 17.2 Å². The van der Waals surface area contributed by atoms with E-state index in [1.54, 1.807) is 12.4 Å². The number of anilines is 1. The van der Waals surface area contributed by atoms with Crippen molar-refractivity contribution >= 4 is 16.7 Å². The zero-order chi connectivity index (χ0) is 16.4. The van der Waals surface area contributed by atoms with Crippen LogP contribution in [0.25, 0.3) is 10.9 Å². The standard InChI is InChI=1S/C19H23N5/c20-10-14-3-8-18-17(9-14)19(23-12-22-18)24-16-6-4-15(5-7-16)21-11-13-1-2-13/h3,8-9,12-13,15-16,21H,1-2,4-7,11H2,(H,22,23,24)/t15-,16-. The fraction of sp³-hybridized carbons (Fsp3) is 0.526. The van der Waals surface area contributed by atoms with Gasteiger partial charge in [0, 0.05) is 17.5 Å². The molecule has 2 aromatic rings. The minimum absolute atomic E-state index is 0.452. The molecule has 5 nitrogen and oxygen atoms in total. The fourth-order valence-corrected chi connectivity index (χ4v) is 3.53. The van der Waals surface area contributed by atoms with Gasteiger partial charge in [0.2, 0.25) is 0 Å². The molecule has 2 fully saturated rings. The van der Waals surface area contributed by atoms with Gasteiger partial charge in [-0.3, -0.25) is 0 Å². The van der Waals surface area contributed by atoms with E-state index in [1.165, 1.54) is 32.2 Å². The summed E-state index contributed by atoms with van der Waals surface area (Å²) in [6.07, 6.45) is 9.18. The summed E-state index contributed by atoms with van der Waals surface area (Å²) in [4.78, 5) is 8.71. The van der Waals surface area contributed by atoms with E-state index in [9.17, 15) is 0 Å². The van der Waals surface area contributed by atoms with Crippen molar-refractivity contribution in [2.75, 3.05) is 11.9 Å². The van der Waals surface area contributed by atoms with Gasteiger partial charge in [-0.25, -0.2) is 9.97 Å². The van der Waals surface area contributed by atoms with E-state index >= 15 is 0 Å². The second-order valence-corrected chi connectivity index (χ2v) is 7.11. The van der Waals surface area contributed by atoms with Crippen molar-refractivity contribution in [1.29, 1.82) is 5.26 Å². The Morgan fingerprint density at radius 3 is 2.58 bits per heavy atom. The Hall–Kier alpha value is -2.19. The van der Waals surface area contributed by atoms with Crippen LogP contribution >= 0.6 is 0 Å². The monoisotopic (exact) mass is 321 g/mol. The van der Waals surface area contributed by atoms with Crippen LogP contribution in [0.4, 0.5) is 5.82 Å². The summed E-state index contributed by atoms with van der Waals surface area (Å²) in [6, 6.07) is 8.89. The van der Waals surface area contributed by atoms with Crippen LogP contribution in [0.15, 0.2) is 24.5 Å². The number of hydrogen-bond donors (Lipinski definition) is 2. The lowest BCUT2D eigenvalue weighted by atomic mass is 9.91. The van der Waals surface area contributed by atoms with Gasteiger partial charge >= 0.3 is 0 Å². The van der Waals surface area contributed by atoms with Gasteiger partial charge in [-0.1, -0.05) is 0 Å². The van der Waals surface area contributed by atoms with Crippen molar-refractivity contribution in [2.45, 2.75) is 50.6 Å². The molecule has 0 unspecified atom stereocenters. The first-order valence-electron chi connectivity index (χ1n) is 8.96. The predicted molar refractivity (Wildman–Crippen MR) is 94.6 cm³/mol. The Kier molecular flexibility index (Phi) is 4.31. The van der Waals surface area contributed by atoms with Gasteiger partial charge in [0.25, 0.3) is 0 Å². The molecule has 4 rings (SSSR count). The van der Waals surface area contributed by atoms with E-state index in [-0.39, 0.29) is 0 Å². The van der Waals surface area contributed by atoms with Crippen LogP contribution in [-0.2, 0) is 0 Å². The number of rotatable bonds is 5. The van der Waals surface area contributed by atoms with Gasteiger partial charge in [-0.05, 0) is 69.2 Å². The third-order valence-corrected chi connectivity index (χ3v) is 5.22. The minimum Gasteiger partial charge on any atom is -0.367 e. The average Bonchev–Trinajstić information content (AvgIpc) is 3.45. The molecule has 0 radical (unpaired) electrons. The second kappa shape index (κ2) is 6.74. The molecule has 0 saturated heterocycles. The first-order chi connectivity index (χ1) is 11.8. The highest BCUT2D eigenvalue weighted by Crippen LogP contribution is 2.29. The second-order valence-electron chi connectivity index (χ2n) is 7.11. The molecule has 2 aliphatic rings. The quantitative estimate of drug-likeness (QED) is 0.884. The van der Waals surface area contributed by atoms with Crippen LogP contribution in [0.1, 0.15) is 44.1 Å². The Morgan fingerprint density at radius 2 is 1.83 bits per heavy atom. The summed E-state index contributed by atoms with van der Waals surface area (Å²) >= 11 is 0. The molecule has 1 aromatic carbocycles. The first kappa shape index (κ1) is 15.3. The van der Waals surface area contributed by atoms with Crippen molar-refractivity contribution in [3.05, 3.63) is 30.1 Å². The van der Waals surface area contributed by atoms with Crippen LogP contribution in [-0.4, -0.2) is 28.6 Å². The highest BCUT2D eigenvalue weighted by Gasteiger charge is 2.25. The zero-order valence-electron chi connectivity index (χ0n) is 13.8. The highest BCUT2D eigenvalue weighted by atomic mass is 15.0. The van der Waals surface area contributed by atoms with Crippen molar-refractivity contribution in [3.8, 4) is 6.07 Å². The molecule has 1 heterocycles. The van der Waals surface area contributed by atoms with Crippen LogP contribution < -0.4 is 10.6 Å². The highest BCUT2D eigenvalue weighted by molar-refractivity contribution is 5.89.